The summed E-state index contributed by atoms with van der Waals surface area (Å²) in [6, 6.07) is 5.38. The van der Waals surface area contributed by atoms with Gasteiger partial charge in [0.2, 0.25) is 5.91 Å². The fraction of sp³-hybridized carbons (Fsp3) is 0.350. The summed E-state index contributed by atoms with van der Waals surface area (Å²) in [5.74, 6) is 0.793. The largest absolute Gasteiger partial charge is 0.323 e. The monoisotopic (exact) mass is 393 g/mol. The van der Waals surface area contributed by atoms with Gasteiger partial charge in [-0.05, 0) is 29.7 Å². The van der Waals surface area contributed by atoms with E-state index in [0.29, 0.717) is 22.8 Å². The van der Waals surface area contributed by atoms with Crippen LogP contribution >= 0.6 is 0 Å². The first-order chi connectivity index (χ1) is 13.8. The van der Waals surface area contributed by atoms with Crippen molar-refractivity contribution in [1.29, 1.82) is 0 Å². The lowest BCUT2D eigenvalue weighted by Crippen LogP contribution is -2.32. The van der Waals surface area contributed by atoms with Gasteiger partial charge in [0.15, 0.2) is 5.65 Å². The average molecular weight is 393 g/mol. The molecule has 4 heterocycles. The molecule has 0 aliphatic rings. The Balaban J connectivity index is 1.66. The van der Waals surface area contributed by atoms with Crippen molar-refractivity contribution in [3.63, 3.8) is 0 Å². The molecule has 0 radical (unpaired) electrons. The first kappa shape index (κ1) is 18.9. The van der Waals surface area contributed by atoms with Crippen molar-refractivity contribution in [1.82, 2.24) is 28.8 Å². The number of carbonyl (C=O) groups is 1. The molecule has 0 saturated carbocycles. The van der Waals surface area contributed by atoms with Crippen LogP contribution in [0.2, 0.25) is 0 Å². The third kappa shape index (κ3) is 3.51. The molecule has 9 nitrogen and oxygen atoms in total. The topological polar surface area (TPSA) is 98.6 Å². The van der Waals surface area contributed by atoms with E-state index in [1.165, 1.54) is 4.68 Å². The van der Waals surface area contributed by atoms with Crippen LogP contribution in [0, 0.1) is 0 Å². The molecule has 4 aromatic rings. The lowest BCUT2D eigenvalue weighted by molar-refractivity contribution is -0.117. The smallest absolute Gasteiger partial charge is 0.291 e. The van der Waals surface area contributed by atoms with E-state index < -0.39 is 0 Å². The third-order valence-electron chi connectivity index (χ3n) is 4.82. The minimum Gasteiger partial charge on any atom is -0.323 e. The molecule has 0 aliphatic carbocycles. The van der Waals surface area contributed by atoms with E-state index in [1.807, 2.05) is 30.5 Å². The number of aromatic nitrogens is 6. The average Bonchev–Trinajstić information content (AvgIpc) is 3.30. The van der Waals surface area contributed by atoms with E-state index in [-0.39, 0.29) is 23.9 Å². The van der Waals surface area contributed by atoms with Crippen LogP contribution < -0.4 is 10.9 Å². The normalized spacial score (nSPS) is 11.8. The quantitative estimate of drug-likeness (QED) is 0.561. The first-order valence-electron chi connectivity index (χ1n) is 9.55. The van der Waals surface area contributed by atoms with Gasteiger partial charge >= 0.3 is 0 Å². The molecule has 0 bridgehead atoms. The number of nitrogens with zero attached hydrogens (tertiary/aromatic N) is 6. The Morgan fingerprint density at radius 1 is 1.14 bits per heavy atom. The second kappa shape index (κ2) is 7.16. The molecule has 1 amide bonds. The van der Waals surface area contributed by atoms with Crippen LogP contribution in [-0.4, -0.2) is 34.7 Å². The summed E-state index contributed by atoms with van der Waals surface area (Å²) < 4.78 is 4.79. The number of hydrogen-bond acceptors (Lipinski definition) is 5. The van der Waals surface area contributed by atoms with E-state index in [4.69, 9.17) is 0 Å². The predicted molar refractivity (Wildman–Crippen MR) is 109 cm³/mol. The number of nitrogens with one attached hydrogen (secondary N) is 1. The standard InChI is InChI=1S/C20H23N7O2/c1-12(2)14-7-16-20(29)27(24-19(13(3)4)26(16)8-14)10-18(28)22-15-5-6-17-23-21-11-25(17)9-15/h5-9,11-13H,10H2,1-4H3,(H,22,28). The maximum absolute atomic E-state index is 12.9. The van der Waals surface area contributed by atoms with E-state index in [2.05, 4.69) is 34.5 Å². The molecule has 1 N–H and O–H groups in total. The summed E-state index contributed by atoms with van der Waals surface area (Å²) in [4.78, 5) is 25.5. The van der Waals surface area contributed by atoms with Crippen molar-refractivity contribution in [2.75, 3.05) is 5.32 Å². The second-order valence-electron chi connectivity index (χ2n) is 7.72. The van der Waals surface area contributed by atoms with Gasteiger partial charge in [-0.2, -0.15) is 5.10 Å². The van der Waals surface area contributed by atoms with Gasteiger partial charge in [-0.15, -0.1) is 10.2 Å². The number of rotatable bonds is 5. The molecule has 29 heavy (non-hydrogen) atoms. The number of hydrogen-bond donors (Lipinski definition) is 1. The molecule has 0 spiro atoms. The van der Waals surface area contributed by atoms with Crippen LogP contribution in [0.25, 0.3) is 11.2 Å². The molecule has 150 valence electrons. The number of carbonyl (C=O) groups excluding carboxylic acids is 1. The first-order valence-corrected chi connectivity index (χ1v) is 9.55. The van der Waals surface area contributed by atoms with Gasteiger partial charge in [0, 0.05) is 18.3 Å². The fourth-order valence-electron chi connectivity index (χ4n) is 3.24. The van der Waals surface area contributed by atoms with Crippen LogP contribution in [-0.2, 0) is 11.3 Å². The van der Waals surface area contributed by atoms with Crippen LogP contribution in [0.1, 0.15) is 50.9 Å². The summed E-state index contributed by atoms with van der Waals surface area (Å²) in [6.07, 6.45) is 5.23. The Hall–Kier alpha value is -3.49. The number of anilines is 1. The summed E-state index contributed by atoms with van der Waals surface area (Å²) in [7, 11) is 0. The number of amides is 1. The highest BCUT2D eigenvalue weighted by Gasteiger charge is 2.17. The summed E-state index contributed by atoms with van der Waals surface area (Å²) in [5, 5.41) is 15.0. The maximum Gasteiger partial charge on any atom is 0.291 e. The SMILES string of the molecule is CC(C)c1cc2c(=O)n(CC(=O)Nc3ccc4nncn4c3)nc(C(C)C)n2c1. The Morgan fingerprint density at radius 3 is 2.66 bits per heavy atom. The number of pyridine rings is 1. The molecule has 0 aliphatic heterocycles. The molecular weight excluding hydrogens is 370 g/mol. The fourth-order valence-corrected chi connectivity index (χ4v) is 3.24. The second-order valence-corrected chi connectivity index (χ2v) is 7.72. The lowest BCUT2D eigenvalue weighted by atomic mass is 10.1. The molecule has 0 fully saturated rings. The van der Waals surface area contributed by atoms with Crippen LogP contribution in [0.5, 0.6) is 0 Å². The van der Waals surface area contributed by atoms with Gasteiger partial charge < -0.3 is 5.32 Å². The molecular formula is C20H23N7O2. The van der Waals surface area contributed by atoms with Crippen molar-refractivity contribution in [2.24, 2.45) is 0 Å². The van der Waals surface area contributed by atoms with Gasteiger partial charge in [-0.3, -0.25) is 18.4 Å². The highest BCUT2D eigenvalue weighted by molar-refractivity contribution is 5.90. The van der Waals surface area contributed by atoms with Gasteiger partial charge in [-0.25, -0.2) is 4.68 Å². The highest BCUT2D eigenvalue weighted by atomic mass is 16.2. The number of fused-ring (bicyclic) bond motifs is 2. The zero-order valence-corrected chi connectivity index (χ0v) is 16.8. The van der Waals surface area contributed by atoms with E-state index in [0.717, 1.165) is 11.4 Å². The van der Waals surface area contributed by atoms with Gasteiger partial charge in [0.1, 0.15) is 24.2 Å². The Morgan fingerprint density at radius 2 is 1.93 bits per heavy atom. The highest BCUT2D eigenvalue weighted by Crippen LogP contribution is 2.20. The summed E-state index contributed by atoms with van der Waals surface area (Å²) in [5.41, 5.74) is 2.58. The Kier molecular flexibility index (Phi) is 4.65. The summed E-state index contributed by atoms with van der Waals surface area (Å²) >= 11 is 0. The molecule has 0 unspecified atom stereocenters. The van der Waals surface area contributed by atoms with Crippen LogP contribution in [0.15, 0.2) is 41.7 Å². The van der Waals surface area contributed by atoms with Gasteiger partial charge in [0.25, 0.3) is 5.56 Å². The zero-order valence-electron chi connectivity index (χ0n) is 16.8. The van der Waals surface area contributed by atoms with Gasteiger partial charge in [0.05, 0.1) is 5.69 Å². The van der Waals surface area contributed by atoms with Crippen molar-refractivity contribution >= 4 is 22.8 Å². The van der Waals surface area contributed by atoms with E-state index >= 15 is 0 Å². The molecule has 9 heteroatoms. The van der Waals surface area contributed by atoms with Crippen molar-refractivity contribution in [2.45, 2.75) is 46.1 Å². The third-order valence-corrected chi connectivity index (χ3v) is 4.82. The maximum atomic E-state index is 12.9. The van der Waals surface area contributed by atoms with Gasteiger partial charge in [-0.1, -0.05) is 27.7 Å². The van der Waals surface area contributed by atoms with Crippen molar-refractivity contribution in [3.05, 3.63) is 58.7 Å². The Labute approximate surface area is 167 Å². The van der Waals surface area contributed by atoms with Crippen molar-refractivity contribution < 1.29 is 4.79 Å². The zero-order chi connectivity index (χ0) is 20.7. The van der Waals surface area contributed by atoms with E-state index in [1.54, 1.807) is 29.1 Å². The Bertz CT molecular complexity index is 1260. The molecule has 0 atom stereocenters. The van der Waals surface area contributed by atoms with Crippen LogP contribution in [0.3, 0.4) is 0 Å². The minimum absolute atomic E-state index is 0.0935. The van der Waals surface area contributed by atoms with E-state index in [9.17, 15) is 9.59 Å². The molecule has 0 aromatic carbocycles. The van der Waals surface area contributed by atoms with Crippen LogP contribution in [0.4, 0.5) is 5.69 Å². The molecule has 4 aromatic heterocycles. The molecule has 4 rings (SSSR count). The minimum atomic E-state index is -0.332. The summed E-state index contributed by atoms with van der Waals surface area (Å²) in [6.45, 7) is 8.02. The molecule has 0 saturated heterocycles. The van der Waals surface area contributed by atoms with Crippen molar-refractivity contribution in [3.8, 4) is 0 Å². The lowest BCUT2D eigenvalue weighted by Gasteiger charge is -2.13. The predicted octanol–water partition coefficient (Wildman–Crippen LogP) is 2.42.